The van der Waals surface area contributed by atoms with Crippen molar-refractivity contribution < 1.29 is 9.53 Å². The second-order valence-corrected chi connectivity index (χ2v) is 4.55. The second-order valence-electron chi connectivity index (χ2n) is 4.55. The summed E-state index contributed by atoms with van der Waals surface area (Å²) in [6, 6.07) is 12.9. The number of likely N-dealkylation sites (N-methyl/N-ethyl adjacent to an activating group) is 1. The van der Waals surface area contributed by atoms with E-state index < -0.39 is 0 Å². The molecule has 0 saturated heterocycles. The van der Waals surface area contributed by atoms with Gasteiger partial charge in [0.2, 0.25) is 0 Å². The summed E-state index contributed by atoms with van der Waals surface area (Å²) in [5.41, 5.74) is 7.41. The fourth-order valence-corrected chi connectivity index (χ4v) is 1.61. The monoisotopic (exact) mass is 331 g/mol. The van der Waals surface area contributed by atoms with Gasteiger partial charge in [-0.3, -0.25) is 4.79 Å². The van der Waals surface area contributed by atoms with Gasteiger partial charge in [-0.05, 0) is 36.4 Å². The van der Waals surface area contributed by atoms with Crippen LogP contribution in [0.25, 0.3) is 11.3 Å². The summed E-state index contributed by atoms with van der Waals surface area (Å²) in [6.45, 7) is 8.03. The van der Waals surface area contributed by atoms with E-state index in [1.807, 2.05) is 64.1 Å². The highest BCUT2D eigenvalue weighted by atomic mass is 16.5. The fourth-order valence-electron chi connectivity index (χ4n) is 1.61. The molecule has 2 rings (SSSR count). The first-order valence-corrected chi connectivity index (χ1v) is 8.22. The lowest BCUT2D eigenvalue weighted by molar-refractivity contribution is -0.130. The number of benzene rings is 1. The Kier molecular flexibility index (Phi) is 10.7. The normalized spacial score (nSPS) is 8.92. The maximum absolute atomic E-state index is 11.4. The molecule has 0 radical (unpaired) electrons. The highest BCUT2D eigenvalue weighted by Crippen LogP contribution is 2.21. The molecule has 0 saturated carbocycles. The average molecular weight is 331 g/mol. The maximum atomic E-state index is 11.4. The van der Waals surface area contributed by atoms with Gasteiger partial charge in [-0.25, -0.2) is 4.98 Å². The van der Waals surface area contributed by atoms with Crippen LogP contribution in [0.1, 0.15) is 27.7 Å². The number of hydrogen-bond acceptors (Lipinski definition) is 4. The van der Waals surface area contributed by atoms with Gasteiger partial charge in [0.1, 0.15) is 11.6 Å². The van der Waals surface area contributed by atoms with Crippen LogP contribution in [0, 0.1) is 0 Å². The van der Waals surface area contributed by atoms with Crippen molar-refractivity contribution in [3.05, 3.63) is 42.5 Å². The number of rotatable bonds is 4. The second kappa shape index (κ2) is 11.9. The minimum Gasteiger partial charge on any atom is -0.484 e. The molecule has 5 nitrogen and oxygen atoms in total. The Bertz CT molecular complexity index is 596. The number of pyridine rings is 1. The maximum Gasteiger partial charge on any atom is 0.259 e. The zero-order valence-corrected chi connectivity index (χ0v) is 15.5. The number of nitrogen functional groups attached to an aromatic ring is 1. The van der Waals surface area contributed by atoms with Crippen molar-refractivity contribution in [2.24, 2.45) is 0 Å². The first kappa shape index (κ1) is 21.4. The summed E-state index contributed by atoms with van der Waals surface area (Å²) in [5.74, 6) is 1.05. The van der Waals surface area contributed by atoms with Crippen LogP contribution in [0.15, 0.2) is 42.5 Å². The molecule has 0 bridgehead atoms. The molecule has 132 valence electrons. The molecule has 5 heteroatoms. The van der Waals surface area contributed by atoms with Crippen molar-refractivity contribution in [2.75, 3.05) is 26.4 Å². The van der Waals surface area contributed by atoms with Gasteiger partial charge in [0.25, 0.3) is 5.91 Å². The Labute approximate surface area is 145 Å². The average Bonchev–Trinajstić information content (AvgIpc) is 2.63. The lowest BCUT2D eigenvalue weighted by atomic mass is 10.1. The SMILES string of the molecule is CC.CC.CN(C)C(=O)COc1ccc(-c2cccc(N)n2)cc1. The van der Waals surface area contributed by atoms with E-state index >= 15 is 0 Å². The number of amides is 1. The molecular weight excluding hydrogens is 302 g/mol. The van der Waals surface area contributed by atoms with Crippen molar-refractivity contribution in [3.63, 3.8) is 0 Å². The molecular formula is C19H29N3O2. The van der Waals surface area contributed by atoms with Crippen molar-refractivity contribution in [1.82, 2.24) is 9.88 Å². The van der Waals surface area contributed by atoms with Gasteiger partial charge in [0, 0.05) is 19.7 Å². The van der Waals surface area contributed by atoms with E-state index in [4.69, 9.17) is 10.5 Å². The molecule has 0 aliphatic heterocycles. The minimum atomic E-state index is -0.0772. The first-order valence-electron chi connectivity index (χ1n) is 8.22. The topological polar surface area (TPSA) is 68.5 Å². The lowest BCUT2D eigenvalue weighted by Crippen LogP contribution is -2.27. The summed E-state index contributed by atoms with van der Waals surface area (Å²) in [5, 5.41) is 0. The van der Waals surface area contributed by atoms with Gasteiger partial charge in [-0.1, -0.05) is 33.8 Å². The third-order valence-corrected chi connectivity index (χ3v) is 2.78. The molecule has 0 aliphatic rings. The summed E-state index contributed by atoms with van der Waals surface area (Å²) in [7, 11) is 3.39. The summed E-state index contributed by atoms with van der Waals surface area (Å²) in [6.07, 6.45) is 0. The van der Waals surface area contributed by atoms with Gasteiger partial charge in [-0.15, -0.1) is 0 Å². The van der Waals surface area contributed by atoms with Crippen molar-refractivity contribution in [1.29, 1.82) is 0 Å². The molecule has 0 atom stereocenters. The van der Waals surface area contributed by atoms with E-state index in [0.717, 1.165) is 11.3 Å². The van der Waals surface area contributed by atoms with Crippen molar-refractivity contribution in [2.45, 2.75) is 27.7 Å². The molecule has 1 aromatic carbocycles. The molecule has 1 heterocycles. The van der Waals surface area contributed by atoms with E-state index in [2.05, 4.69) is 4.98 Å². The van der Waals surface area contributed by atoms with E-state index in [9.17, 15) is 4.79 Å². The Hall–Kier alpha value is -2.56. The predicted molar refractivity (Wildman–Crippen MR) is 101 cm³/mol. The molecule has 0 unspecified atom stereocenters. The standard InChI is InChI=1S/C15H17N3O2.2C2H6/c1-18(2)15(19)10-20-12-8-6-11(7-9-12)13-4-3-5-14(16)17-13;2*1-2/h3-9H,10H2,1-2H3,(H2,16,17);2*1-2H3. The van der Waals surface area contributed by atoms with Crippen LogP contribution in [-0.2, 0) is 4.79 Å². The summed E-state index contributed by atoms with van der Waals surface area (Å²) >= 11 is 0. The first-order chi connectivity index (χ1) is 11.6. The number of hydrogen-bond donors (Lipinski definition) is 1. The van der Waals surface area contributed by atoms with Gasteiger partial charge in [0.15, 0.2) is 6.61 Å². The minimum absolute atomic E-state index is 0.0306. The van der Waals surface area contributed by atoms with Crippen LogP contribution in [0.4, 0.5) is 5.82 Å². The number of anilines is 1. The van der Waals surface area contributed by atoms with Crippen LogP contribution in [0.3, 0.4) is 0 Å². The molecule has 24 heavy (non-hydrogen) atoms. The third kappa shape index (κ3) is 7.13. The molecule has 1 amide bonds. The largest absolute Gasteiger partial charge is 0.484 e. The third-order valence-electron chi connectivity index (χ3n) is 2.78. The Balaban J connectivity index is 0.00000123. The van der Waals surface area contributed by atoms with Crippen LogP contribution in [-0.4, -0.2) is 36.5 Å². The summed E-state index contributed by atoms with van der Waals surface area (Å²) < 4.78 is 5.41. The molecule has 1 aromatic heterocycles. The molecule has 0 aliphatic carbocycles. The number of aromatic nitrogens is 1. The van der Waals surface area contributed by atoms with Crippen LogP contribution in [0.2, 0.25) is 0 Å². The van der Waals surface area contributed by atoms with Crippen LogP contribution >= 0.6 is 0 Å². The Morgan fingerprint density at radius 3 is 2.12 bits per heavy atom. The van der Waals surface area contributed by atoms with Crippen molar-refractivity contribution in [3.8, 4) is 17.0 Å². The molecule has 0 fully saturated rings. The number of nitrogens with zero attached hydrogens (tertiary/aromatic N) is 2. The highest BCUT2D eigenvalue weighted by Gasteiger charge is 2.05. The predicted octanol–water partition coefficient (Wildman–Crippen LogP) is 3.85. The number of carbonyl (C=O) groups is 1. The van der Waals surface area contributed by atoms with Gasteiger partial charge >= 0.3 is 0 Å². The fraction of sp³-hybridized carbons (Fsp3) is 0.368. The highest BCUT2D eigenvalue weighted by molar-refractivity contribution is 5.77. The van der Waals surface area contributed by atoms with Gasteiger partial charge in [-0.2, -0.15) is 0 Å². The van der Waals surface area contributed by atoms with Crippen molar-refractivity contribution >= 4 is 11.7 Å². The van der Waals surface area contributed by atoms with Crippen LogP contribution in [0.5, 0.6) is 5.75 Å². The molecule has 2 aromatic rings. The number of carbonyl (C=O) groups excluding carboxylic acids is 1. The van der Waals surface area contributed by atoms with E-state index in [0.29, 0.717) is 11.6 Å². The zero-order valence-electron chi connectivity index (χ0n) is 15.5. The van der Waals surface area contributed by atoms with Crippen LogP contribution < -0.4 is 10.5 Å². The van der Waals surface area contributed by atoms with Gasteiger partial charge < -0.3 is 15.4 Å². The number of nitrogens with two attached hydrogens (primary N) is 1. The molecule has 0 spiro atoms. The Morgan fingerprint density at radius 2 is 1.62 bits per heavy atom. The Morgan fingerprint density at radius 1 is 1.04 bits per heavy atom. The van der Waals surface area contributed by atoms with E-state index in [1.54, 1.807) is 20.2 Å². The smallest absolute Gasteiger partial charge is 0.259 e. The quantitative estimate of drug-likeness (QED) is 0.924. The zero-order chi connectivity index (χ0) is 18.5. The lowest BCUT2D eigenvalue weighted by Gasteiger charge is -2.11. The summed E-state index contributed by atoms with van der Waals surface area (Å²) in [4.78, 5) is 17.2. The van der Waals surface area contributed by atoms with E-state index in [1.165, 1.54) is 4.90 Å². The molecule has 2 N–H and O–H groups in total. The van der Waals surface area contributed by atoms with Gasteiger partial charge in [0.05, 0.1) is 5.69 Å². The number of ether oxygens (including phenoxy) is 1. The van der Waals surface area contributed by atoms with E-state index in [-0.39, 0.29) is 12.5 Å².